The number of carbonyl (C=O) groups is 1. The fraction of sp³-hybridized carbons (Fsp3) is 0.519. The molecule has 0 bridgehead atoms. The molecule has 2 aliphatic heterocycles. The number of methoxy groups -OCH3 is 1. The number of ether oxygens (including phenoxy) is 1. The summed E-state index contributed by atoms with van der Waals surface area (Å²) in [6.07, 6.45) is 7.40. The topological polar surface area (TPSA) is 78.9 Å². The molecular weight excluding hydrogens is 462 g/mol. The summed E-state index contributed by atoms with van der Waals surface area (Å²) in [5, 5.41) is 3.07. The van der Waals surface area contributed by atoms with E-state index in [2.05, 4.69) is 22.3 Å². The monoisotopic (exact) mass is 499 g/mol. The third kappa shape index (κ3) is 6.42. The lowest BCUT2D eigenvalue weighted by Gasteiger charge is -2.35. The Labute approximate surface area is 209 Å². The third-order valence-corrected chi connectivity index (χ3v) is 8.98. The van der Waals surface area contributed by atoms with Crippen LogP contribution in [-0.4, -0.2) is 63.4 Å². The van der Waals surface area contributed by atoms with Gasteiger partial charge in [-0.25, -0.2) is 8.42 Å². The molecule has 1 atom stereocenters. The summed E-state index contributed by atoms with van der Waals surface area (Å²) in [5.41, 5.74) is 1.50. The number of nitrogens with one attached hydrogen (secondary N) is 1. The Morgan fingerprint density at radius 1 is 0.914 bits per heavy atom. The van der Waals surface area contributed by atoms with Crippen LogP contribution >= 0.6 is 0 Å². The van der Waals surface area contributed by atoms with Crippen LogP contribution in [0, 0.1) is 0 Å². The number of sulfonamides is 1. The molecule has 0 spiro atoms. The molecule has 0 saturated carbocycles. The molecule has 2 heterocycles. The minimum absolute atomic E-state index is 0.0502. The predicted molar refractivity (Wildman–Crippen MR) is 137 cm³/mol. The zero-order chi connectivity index (χ0) is 24.7. The number of hydrogen-bond acceptors (Lipinski definition) is 5. The van der Waals surface area contributed by atoms with Crippen molar-refractivity contribution in [1.82, 2.24) is 14.5 Å². The molecule has 0 radical (unpaired) electrons. The highest BCUT2D eigenvalue weighted by atomic mass is 32.2. The average Bonchev–Trinajstić information content (AvgIpc) is 3.20. The van der Waals surface area contributed by atoms with E-state index >= 15 is 0 Å². The summed E-state index contributed by atoms with van der Waals surface area (Å²) in [7, 11) is -1.95. The third-order valence-electron chi connectivity index (χ3n) is 7.09. The first kappa shape index (κ1) is 25.7. The molecule has 190 valence electrons. The van der Waals surface area contributed by atoms with Crippen LogP contribution in [0.1, 0.15) is 66.9 Å². The van der Waals surface area contributed by atoms with Gasteiger partial charge in [0.2, 0.25) is 10.0 Å². The smallest absolute Gasteiger partial charge is 0.251 e. The van der Waals surface area contributed by atoms with Crippen LogP contribution in [0.4, 0.5) is 0 Å². The van der Waals surface area contributed by atoms with Crippen LogP contribution in [0.5, 0.6) is 5.75 Å². The second-order valence-corrected chi connectivity index (χ2v) is 11.4. The molecular formula is C27H37N3O4S. The molecule has 4 rings (SSSR count). The Kier molecular flexibility index (Phi) is 8.81. The average molecular weight is 500 g/mol. The summed E-state index contributed by atoms with van der Waals surface area (Å²) >= 11 is 0. The van der Waals surface area contributed by atoms with Crippen LogP contribution in [-0.2, 0) is 10.0 Å². The van der Waals surface area contributed by atoms with Crippen LogP contribution in [0.2, 0.25) is 0 Å². The van der Waals surface area contributed by atoms with Crippen molar-refractivity contribution in [3.05, 3.63) is 59.7 Å². The van der Waals surface area contributed by atoms with Crippen molar-refractivity contribution < 1.29 is 17.9 Å². The fourth-order valence-electron chi connectivity index (χ4n) is 5.03. The van der Waals surface area contributed by atoms with Gasteiger partial charge in [-0.1, -0.05) is 37.5 Å². The Balaban J connectivity index is 1.48. The number of carbonyl (C=O) groups excluding carboxylic acids is 1. The van der Waals surface area contributed by atoms with Gasteiger partial charge < -0.3 is 10.1 Å². The number of hydrogen-bond donors (Lipinski definition) is 1. The highest BCUT2D eigenvalue weighted by molar-refractivity contribution is 7.89. The molecule has 2 aromatic carbocycles. The van der Waals surface area contributed by atoms with E-state index in [9.17, 15) is 13.2 Å². The van der Waals surface area contributed by atoms with E-state index in [4.69, 9.17) is 4.74 Å². The summed E-state index contributed by atoms with van der Waals surface area (Å²) in [6.45, 7) is 3.52. The van der Waals surface area contributed by atoms with Crippen molar-refractivity contribution in [1.29, 1.82) is 0 Å². The summed E-state index contributed by atoms with van der Waals surface area (Å²) < 4.78 is 33.3. The van der Waals surface area contributed by atoms with Crippen molar-refractivity contribution in [2.45, 2.75) is 55.9 Å². The number of amides is 1. The van der Waals surface area contributed by atoms with E-state index in [1.807, 2.05) is 12.1 Å². The van der Waals surface area contributed by atoms with Gasteiger partial charge in [0.25, 0.3) is 5.91 Å². The SMILES string of the molecule is COc1ccc(C(CNC(=O)c2cccc(S(=O)(=O)N3CCCCCC3)c2)N2CCCCC2)cc1. The van der Waals surface area contributed by atoms with E-state index < -0.39 is 10.0 Å². The van der Waals surface area contributed by atoms with Gasteiger partial charge in [-0.3, -0.25) is 9.69 Å². The van der Waals surface area contributed by atoms with Gasteiger partial charge in [0.15, 0.2) is 0 Å². The van der Waals surface area contributed by atoms with Gasteiger partial charge in [0.1, 0.15) is 5.75 Å². The highest BCUT2D eigenvalue weighted by Crippen LogP contribution is 2.26. The Bertz CT molecular complexity index is 1070. The standard InChI is InChI=1S/C27H37N3O4S/c1-34-24-14-12-22(13-15-24)26(29-16-5-4-6-17-29)21-28-27(31)23-10-9-11-25(20-23)35(32,33)30-18-7-2-3-8-19-30/h9-15,20,26H,2-8,16-19,21H2,1H3,(H,28,31). The maximum atomic E-state index is 13.2. The molecule has 1 amide bonds. The zero-order valence-corrected chi connectivity index (χ0v) is 21.4. The van der Waals surface area contributed by atoms with Gasteiger partial charge in [0.05, 0.1) is 18.0 Å². The number of nitrogens with zero attached hydrogens (tertiary/aromatic N) is 2. The number of piperidine rings is 1. The second-order valence-electron chi connectivity index (χ2n) is 9.44. The van der Waals surface area contributed by atoms with Crippen LogP contribution in [0.25, 0.3) is 0 Å². The van der Waals surface area contributed by atoms with Crippen LogP contribution in [0.15, 0.2) is 53.4 Å². The van der Waals surface area contributed by atoms with Crippen LogP contribution < -0.4 is 10.1 Å². The lowest BCUT2D eigenvalue weighted by molar-refractivity contribution is 0.0924. The van der Waals surface area contributed by atoms with E-state index in [1.54, 1.807) is 29.6 Å². The van der Waals surface area contributed by atoms with Crippen molar-refractivity contribution in [3.8, 4) is 5.75 Å². The number of benzene rings is 2. The van der Waals surface area contributed by atoms with Crippen molar-refractivity contribution in [2.24, 2.45) is 0 Å². The molecule has 1 N–H and O–H groups in total. The maximum absolute atomic E-state index is 13.2. The summed E-state index contributed by atoms with van der Waals surface area (Å²) in [5.74, 6) is 0.547. The van der Waals surface area contributed by atoms with Gasteiger partial charge in [-0.05, 0) is 74.7 Å². The Hall–Kier alpha value is -2.42. The Morgan fingerprint density at radius 3 is 2.20 bits per heavy atom. The Morgan fingerprint density at radius 2 is 1.54 bits per heavy atom. The number of rotatable bonds is 8. The van der Waals surface area contributed by atoms with E-state index in [0.29, 0.717) is 25.2 Å². The van der Waals surface area contributed by atoms with Crippen molar-refractivity contribution in [3.63, 3.8) is 0 Å². The van der Waals surface area contributed by atoms with Gasteiger partial charge in [-0.15, -0.1) is 0 Å². The first-order valence-electron chi connectivity index (χ1n) is 12.8. The van der Waals surface area contributed by atoms with Gasteiger partial charge in [0, 0.05) is 25.2 Å². The van der Waals surface area contributed by atoms with E-state index in [0.717, 1.165) is 62.9 Å². The summed E-state index contributed by atoms with van der Waals surface area (Å²) in [6, 6.07) is 14.5. The lowest BCUT2D eigenvalue weighted by Crippen LogP contribution is -2.40. The normalized spacial score (nSPS) is 19.0. The van der Waals surface area contributed by atoms with Crippen molar-refractivity contribution >= 4 is 15.9 Å². The van der Waals surface area contributed by atoms with Gasteiger partial charge >= 0.3 is 0 Å². The zero-order valence-electron chi connectivity index (χ0n) is 20.6. The number of likely N-dealkylation sites (tertiary alicyclic amines) is 1. The first-order valence-corrected chi connectivity index (χ1v) is 14.2. The molecule has 8 heteroatoms. The fourth-order valence-corrected chi connectivity index (χ4v) is 6.60. The van der Waals surface area contributed by atoms with Gasteiger partial charge in [-0.2, -0.15) is 4.31 Å². The molecule has 2 fully saturated rings. The van der Waals surface area contributed by atoms with E-state index in [1.165, 1.54) is 12.5 Å². The maximum Gasteiger partial charge on any atom is 0.251 e. The predicted octanol–water partition coefficient (Wildman–Crippen LogP) is 4.22. The quantitative estimate of drug-likeness (QED) is 0.589. The van der Waals surface area contributed by atoms with Crippen molar-refractivity contribution in [2.75, 3.05) is 39.8 Å². The van der Waals surface area contributed by atoms with Crippen LogP contribution in [0.3, 0.4) is 0 Å². The second kappa shape index (κ2) is 12.0. The molecule has 2 aromatic rings. The summed E-state index contributed by atoms with van der Waals surface area (Å²) in [4.78, 5) is 15.7. The lowest BCUT2D eigenvalue weighted by atomic mass is 10.0. The molecule has 2 aliphatic rings. The largest absolute Gasteiger partial charge is 0.497 e. The molecule has 7 nitrogen and oxygen atoms in total. The highest BCUT2D eigenvalue weighted by Gasteiger charge is 2.27. The van der Waals surface area contributed by atoms with E-state index in [-0.39, 0.29) is 16.8 Å². The first-order chi connectivity index (χ1) is 17.0. The molecule has 1 unspecified atom stereocenters. The molecule has 35 heavy (non-hydrogen) atoms. The minimum atomic E-state index is -3.61. The molecule has 0 aliphatic carbocycles. The molecule has 0 aromatic heterocycles. The minimum Gasteiger partial charge on any atom is -0.497 e. The molecule has 2 saturated heterocycles.